The Bertz CT molecular complexity index is 340. The van der Waals surface area contributed by atoms with Crippen LogP contribution in [0.25, 0.3) is 0 Å². The van der Waals surface area contributed by atoms with Crippen LogP contribution in [0.5, 0.6) is 0 Å². The maximum Gasteiger partial charge on any atom is 0.421 e. The monoisotopic (exact) mass is 285 g/mol. The van der Waals surface area contributed by atoms with Crippen LogP contribution in [0.1, 0.15) is 20.8 Å². The summed E-state index contributed by atoms with van der Waals surface area (Å²) in [7, 11) is 0. The Morgan fingerprint density at radius 2 is 1.95 bits per heavy atom. The van der Waals surface area contributed by atoms with Crippen LogP contribution in [0.15, 0.2) is 0 Å². The highest BCUT2D eigenvalue weighted by Gasteiger charge is 2.56. The first kappa shape index (κ1) is 16.0. The number of hydrogen-bond donors (Lipinski definition) is 1. The summed E-state index contributed by atoms with van der Waals surface area (Å²) in [5.41, 5.74) is -3.89. The van der Waals surface area contributed by atoms with Crippen molar-refractivity contribution < 1.29 is 32.5 Å². The number of hydrogen-bond acceptors (Lipinski definition) is 4. The van der Waals surface area contributed by atoms with Gasteiger partial charge >= 0.3 is 12.3 Å². The molecule has 0 aromatic rings. The van der Waals surface area contributed by atoms with E-state index in [2.05, 4.69) is 0 Å². The van der Waals surface area contributed by atoms with Gasteiger partial charge in [-0.2, -0.15) is 13.2 Å². The third-order valence-electron chi connectivity index (χ3n) is 2.48. The molecule has 1 aliphatic heterocycles. The number of ether oxygens (including phenoxy) is 2. The maximum atomic E-state index is 12.8. The average Bonchev–Trinajstić information content (AvgIpc) is 2.37. The first-order valence-corrected chi connectivity index (χ1v) is 5.79. The van der Waals surface area contributed by atoms with Gasteiger partial charge in [-0.1, -0.05) is 0 Å². The Morgan fingerprint density at radius 3 is 2.42 bits per heavy atom. The lowest BCUT2D eigenvalue weighted by molar-refractivity contribution is -0.272. The van der Waals surface area contributed by atoms with Crippen molar-refractivity contribution >= 4 is 6.09 Å². The van der Waals surface area contributed by atoms with Crippen LogP contribution in [0.3, 0.4) is 0 Å². The zero-order valence-electron chi connectivity index (χ0n) is 11.1. The van der Waals surface area contributed by atoms with Gasteiger partial charge in [-0.25, -0.2) is 4.79 Å². The number of aliphatic hydroxyl groups is 1. The fourth-order valence-electron chi connectivity index (χ4n) is 1.51. The lowest BCUT2D eigenvalue weighted by atomic mass is 10.1. The molecule has 0 saturated carbocycles. The quantitative estimate of drug-likeness (QED) is 0.733. The summed E-state index contributed by atoms with van der Waals surface area (Å²) in [4.78, 5) is 12.6. The third kappa shape index (κ3) is 4.24. The van der Waals surface area contributed by atoms with E-state index in [0.29, 0.717) is 0 Å². The number of rotatable bonds is 0. The van der Waals surface area contributed by atoms with Crippen molar-refractivity contribution in [1.82, 2.24) is 4.90 Å². The lowest BCUT2D eigenvalue weighted by Gasteiger charge is -2.33. The van der Waals surface area contributed by atoms with E-state index in [1.807, 2.05) is 0 Å². The highest BCUT2D eigenvalue weighted by atomic mass is 19.4. The van der Waals surface area contributed by atoms with Crippen molar-refractivity contribution in [3.8, 4) is 0 Å². The van der Waals surface area contributed by atoms with E-state index in [1.165, 1.54) is 0 Å². The zero-order chi connectivity index (χ0) is 14.9. The summed E-state index contributed by atoms with van der Waals surface area (Å²) in [5, 5.41) is 9.61. The summed E-state index contributed by atoms with van der Waals surface area (Å²) in [6.07, 6.45) is -5.78. The van der Waals surface area contributed by atoms with Gasteiger partial charge in [-0.05, 0) is 20.8 Å². The molecule has 1 fully saturated rings. The molecule has 19 heavy (non-hydrogen) atoms. The van der Waals surface area contributed by atoms with Gasteiger partial charge in [-0.15, -0.1) is 0 Å². The second-order valence-electron chi connectivity index (χ2n) is 5.48. The second kappa shape index (κ2) is 5.16. The van der Waals surface area contributed by atoms with E-state index in [9.17, 15) is 23.1 Å². The molecule has 5 nitrogen and oxygen atoms in total. The van der Waals surface area contributed by atoms with Crippen LogP contribution in [0, 0.1) is 0 Å². The Kier molecular flexibility index (Phi) is 4.36. The standard InChI is InChI=1S/C11H18F3NO4/c1-9(2,3)19-8(16)15-4-5-18-7-10(17,6-15)11(12,13)14/h17H,4-7H2,1-3H3/t10-/m1/s1. The Labute approximate surface area is 109 Å². The van der Waals surface area contributed by atoms with Crippen molar-refractivity contribution in [2.45, 2.75) is 38.1 Å². The van der Waals surface area contributed by atoms with E-state index in [4.69, 9.17) is 9.47 Å². The molecule has 0 aromatic heterocycles. The molecular weight excluding hydrogens is 267 g/mol. The minimum atomic E-state index is -4.88. The van der Waals surface area contributed by atoms with Crippen LogP contribution in [-0.2, 0) is 9.47 Å². The number of nitrogens with zero attached hydrogens (tertiary/aromatic N) is 1. The first-order valence-electron chi connectivity index (χ1n) is 5.79. The molecule has 1 amide bonds. The third-order valence-corrected chi connectivity index (χ3v) is 2.48. The van der Waals surface area contributed by atoms with Gasteiger partial charge in [0.25, 0.3) is 0 Å². The van der Waals surface area contributed by atoms with Crippen molar-refractivity contribution in [2.75, 3.05) is 26.3 Å². The summed E-state index contributed by atoms with van der Waals surface area (Å²) in [6.45, 7) is 2.88. The molecule has 8 heteroatoms. The van der Waals surface area contributed by atoms with E-state index < -0.39 is 36.6 Å². The molecule has 112 valence electrons. The molecular formula is C11H18F3NO4. The maximum absolute atomic E-state index is 12.8. The molecule has 1 N–H and O–H groups in total. The summed E-state index contributed by atoms with van der Waals surface area (Å²) < 4.78 is 48.0. The summed E-state index contributed by atoms with van der Waals surface area (Å²) >= 11 is 0. The Morgan fingerprint density at radius 1 is 1.37 bits per heavy atom. The highest BCUT2D eigenvalue weighted by molar-refractivity contribution is 5.68. The minimum Gasteiger partial charge on any atom is -0.444 e. The number of alkyl halides is 3. The predicted molar refractivity (Wildman–Crippen MR) is 59.6 cm³/mol. The molecule has 0 radical (unpaired) electrons. The van der Waals surface area contributed by atoms with Crippen molar-refractivity contribution in [1.29, 1.82) is 0 Å². The summed E-state index contributed by atoms with van der Waals surface area (Å²) in [6, 6.07) is 0. The van der Waals surface area contributed by atoms with Gasteiger partial charge in [-0.3, -0.25) is 0 Å². The normalized spacial score (nSPS) is 25.9. The van der Waals surface area contributed by atoms with Gasteiger partial charge in [0, 0.05) is 6.54 Å². The zero-order valence-corrected chi connectivity index (χ0v) is 11.1. The van der Waals surface area contributed by atoms with E-state index in [1.54, 1.807) is 20.8 Å². The molecule has 1 rings (SSSR count). The van der Waals surface area contributed by atoms with Gasteiger partial charge in [0.05, 0.1) is 19.8 Å². The molecule has 1 heterocycles. The fourth-order valence-corrected chi connectivity index (χ4v) is 1.51. The van der Waals surface area contributed by atoms with Crippen molar-refractivity contribution in [3.63, 3.8) is 0 Å². The van der Waals surface area contributed by atoms with Crippen LogP contribution < -0.4 is 0 Å². The molecule has 1 saturated heterocycles. The van der Waals surface area contributed by atoms with Crippen LogP contribution in [0.4, 0.5) is 18.0 Å². The topological polar surface area (TPSA) is 59.0 Å². The van der Waals surface area contributed by atoms with Gasteiger partial charge < -0.3 is 19.5 Å². The van der Waals surface area contributed by atoms with Crippen molar-refractivity contribution in [2.24, 2.45) is 0 Å². The van der Waals surface area contributed by atoms with Gasteiger partial charge in [0.2, 0.25) is 5.60 Å². The Hall–Kier alpha value is -1.02. The number of carbonyl (C=O) groups excluding carboxylic acids is 1. The molecule has 0 aromatic carbocycles. The minimum absolute atomic E-state index is 0.0622. The molecule has 1 atom stereocenters. The Balaban J connectivity index is 2.82. The number of carbonyl (C=O) groups is 1. The van der Waals surface area contributed by atoms with E-state index in [-0.39, 0.29) is 13.2 Å². The van der Waals surface area contributed by atoms with Gasteiger partial charge in [0.1, 0.15) is 5.60 Å². The van der Waals surface area contributed by atoms with Crippen LogP contribution in [0.2, 0.25) is 0 Å². The smallest absolute Gasteiger partial charge is 0.421 e. The molecule has 0 bridgehead atoms. The van der Waals surface area contributed by atoms with Crippen LogP contribution >= 0.6 is 0 Å². The van der Waals surface area contributed by atoms with E-state index >= 15 is 0 Å². The highest BCUT2D eigenvalue weighted by Crippen LogP contribution is 2.32. The van der Waals surface area contributed by atoms with E-state index in [0.717, 1.165) is 4.90 Å². The average molecular weight is 285 g/mol. The lowest BCUT2D eigenvalue weighted by Crippen LogP contribution is -2.56. The molecule has 0 unspecified atom stereocenters. The van der Waals surface area contributed by atoms with Crippen molar-refractivity contribution in [3.05, 3.63) is 0 Å². The number of β-amino-alcohol motifs (C(OH)–C–C–N with tert-alkyl or cyclic N) is 1. The molecule has 0 spiro atoms. The predicted octanol–water partition coefficient (Wildman–Crippen LogP) is 1.55. The first-order chi connectivity index (χ1) is 8.45. The molecule has 0 aliphatic carbocycles. The SMILES string of the molecule is CC(C)(C)OC(=O)N1CCOC[C@@](O)(C(F)(F)F)C1. The summed E-state index contributed by atoms with van der Waals surface area (Å²) in [5.74, 6) is 0. The number of halogens is 3. The fraction of sp³-hybridized carbons (Fsp3) is 0.909. The van der Waals surface area contributed by atoms with Crippen LogP contribution in [-0.4, -0.2) is 59.8 Å². The molecule has 1 aliphatic rings. The second-order valence-corrected chi connectivity index (χ2v) is 5.48. The van der Waals surface area contributed by atoms with Gasteiger partial charge in [0.15, 0.2) is 0 Å². The number of amides is 1. The largest absolute Gasteiger partial charge is 0.444 e.